The van der Waals surface area contributed by atoms with Crippen LogP contribution in [0.4, 0.5) is 0 Å². The molecular formula is C21H35N3O. The fourth-order valence-electron chi connectivity index (χ4n) is 6.11. The number of nitrogens with one attached hydrogen (secondary N) is 1. The summed E-state index contributed by atoms with van der Waals surface area (Å²) in [6.07, 6.45) is 10.9. The summed E-state index contributed by atoms with van der Waals surface area (Å²) in [6, 6.07) is 2.53. The molecule has 2 aliphatic carbocycles. The van der Waals surface area contributed by atoms with Gasteiger partial charge in [0, 0.05) is 12.6 Å². The number of unbranched alkanes of at least 4 members (excludes halogenated alkanes) is 1. The lowest BCUT2D eigenvalue weighted by atomic mass is 9.77. The van der Waals surface area contributed by atoms with E-state index in [0.29, 0.717) is 23.4 Å². The Morgan fingerprint density at radius 3 is 2.84 bits per heavy atom. The van der Waals surface area contributed by atoms with Crippen molar-refractivity contribution in [3.05, 3.63) is 0 Å². The average Bonchev–Trinajstić information content (AvgIpc) is 3.21. The molecule has 1 heterocycles. The molecule has 0 radical (unpaired) electrons. The van der Waals surface area contributed by atoms with Crippen LogP contribution >= 0.6 is 0 Å². The Morgan fingerprint density at radius 2 is 2.16 bits per heavy atom. The smallest absolute Gasteiger partial charge is 0.237 e. The monoisotopic (exact) mass is 345 g/mol. The first-order valence-electron chi connectivity index (χ1n) is 10.3. The molecule has 1 N–H and O–H groups in total. The van der Waals surface area contributed by atoms with Gasteiger partial charge < -0.3 is 10.2 Å². The van der Waals surface area contributed by atoms with Crippen molar-refractivity contribution in [3.63, 3.8) is 0 Å². The van der Waals surface area contributed by atoms with Gasteiger partial charge in [-0.1, -0.05) is 33.6 Å². The zero-order valence-electron chi connectivity index (χ0n) is 16.3. The Balaban J connectivity index is 1.48. The Bertz CT molecular complexity index is 542. The highest BCUT2D eigenvalue weighted by Gasteiger charge is 2.53. The first-order valence-corrected chi connectivity index (χ1v) is 10.3. The molecule has 3 rings (SSSR count). The maximum atomic E-state index is 12.4. The van der Waals surface area contributed by atoms with Gasteiger partial charge in [-0.3, -0.25) is 4.79 Å². The van der Waals surface area contributed by atoms with Crippen LogP contribution in [0.25, 0.3) is 0 Å². The molecule has 1 amide bonds. The summed E-state index contributed by atoms with van der Waals surface area (Å²) in [5, 5.41) is 12.7. The van der Waals surface area contributed by atoms with Gasteiger partial charge in [-0.25, -0.2) is 0 Å². The van der Waals surface area contributed by atoms with Gasteiger partial charge >= 0.3 is 0 Å². The van der Waals surface area contributed by atoms with Crippen LogP contribution in [-0.2, 0) is 4.79 Å². The van der Waals surface area contributed by atoms with E-state index in [4.69, 9.17) is 5.26 Å². The fourth-order valence-corrected chi connectivity index (χ4v) is 6.11. The van der Waals surface area contributed by atoms with Crippen molar-refractivity contribution in [1.29, 1.82) is 5.26 Å². The van der Waals surface area contributed by atoms with Crippen LogP contribution in [0.3, 0.4) is 0 Å². The molecule has 140 valence electrons. The van der Waals surface area contributed by atoms with Crippen molar-refractivity contribution in [2.45, 2.75) is 90.6 Å². The summed E-state index contributed by atoms with van der Waals surface area (Å²) < 4.78 is 0. The van der Waals surface area contributed by atoms with Gasteiger partial charge in [0.2, 0.25) is 5.91 Å². The zero-order valence-corrected chi connectivity index (χ0v) is 16.3. The largest absolute Gasteiger partial charge is 0.326 e. The summed E-state index contributed by atoms with van der Waals surface area (Å²) in [5.74, 6) is 0.916. The second kappa shape index (κ2) is 7.27. The summed E-state index contributed by atoms with van der Waals surface area (Å²) in [7, 11) is 0. The quantitative estimate of drug-likeness (QED) is 0.795. The van der Waals surface area contributed by atoms with Crippen molar-refractivity contribution in [1.82, 2.24) is 10.2 Å². The highest BCUT2D eigenvalue weighted by Crippen LogP contribution is 2.62. The van der Waals surface area contributed by atoms with Gasteiger partial charge in [0.15, 0.2) is 0 Å². The van der Waals surface area contributed by atoms with Crippen LogP contribution < -0.4 is 5.32 Å². The minimum absolute atomic E-state index is 0.110. The van der Waals surface area contributed by atoms with E-state index in [0.717, 1.165) is 25.3 Å². The summed E-state index contributed by atoms with van der Waals surface area (Å²) >= 11 is 0. The SMILES string of the molecule is CCCCC1(C)C[C@@H]2CC(NCC(=O)N3CCC[C@H]3C#N)C[C@]2(C)C1. The van der Waals surface area contributed by atoms with E-state index in [-0.39, 0.29) is 11.9 Å². The van der Waals surface area contributed by atoms with Crippen LogP contribution in [0, 0.1) is 28.1 Å². The van der Waals surface area contributed by atoms with E-state index in [1.54, 1.807) is 4.90 Å². The van der Waals surface area contributed by atoms with Crippen LogP contribution in [0.5, 0.6) is 0 Å². The second-order valence-corrected chi connectivity index (χ2v) is 9.54. The summed E-state index contributed by atoms with van der Waals surface area (Å²) in [6.45, 7) is 8.41. The predicted molar refractivity (Wildman–Crippen MR) is 99.8 cm³/mol. The van der Waals surface area contributed by atoms with E-state index in [1.807, 2.05) is 0 Å². The second-order valence-electron chi connectivity index (χ2n) is 9.54. The Hall–Kier alpha value is -1.08. The Kier molecular flexibility index (Phi) is 5.44. The molecule has 3 aliphatic rings. The molecule has 2 saturated carbocycles. The number of fused-ring (bicyclic) bond motifs is 1. The lowest BCUT2D eigenvalue weighted by Gasteiger charge is -2.29. The molecule has 4 nitrogen and oxygen atoms in total. The summed E-state index contributed by atoms with van der Waals surface area (Å²) in [4.78, 5) is 14.2. The van der Waals surface area contributed by atoms with E-state index >= 15 is 0 Å². The molecule has 25 heavy (non-hydrogen) atoms. The minimum atomic E-state index is -0.200. The van der Waals surface area contributed by atoms with Gasteiger partial charge in [0.05, 0.1) is 12.6 Å². The lowest BCUT2D eigenvalue weighted by molar-refractivity contribution is -0.130. The highest BCUT2D eigenvalue weighted by molar-refractivity contribution is 5.79. The topological polar surface area (TPSA) is 56.1 Å². The third kappa shape index (κ3) is 3.87. The third-order valence-electron chi connectivity index (χ3n) is 7.24. The fraction of sp³-hybridized carbons (Fsp3) is 0.905. The molecule has 5 atom stereocenters. The van der Waals surface area contributed by atoms with Gasteiger partial charge in [-0.2, -0.15) is 5.26 Å². The van der Waals surface area contributed by atoms with Crippen LogP contribution in [-0.4, -0.2) is 36.0 Å². The van der Waals surface area contributed by atoms with Crippen LogP contribution in [0.2, 0.25) is 0 Å². The molecule has 0 spiro atoms. The molecule has 4 heteroatoms. The third-order valence-corrected chi connectivity index (χ3v) is 7.24. The van der Waals surface area contributed by atoms with Crippen molar-refractivity contribution in [3.8, 4) is 6.07 Å². The molecule has 0 aromatic heterocycles. The number of likely N-dealkylation sites (tertiary alicyclic amines) is 1. The standard InChI is InChI=1S/C21H35N3O/c1-4-5-8-20(2)11-16-10-17(12-21(16,3)15-20)23-14-19(25)24-9-6-7-18(24)13-22/h16-18,23H,4-12,14-15H2,1-3H3/t16-,17?,18-,20?,21+/m0/s1. The molecule has 1 aliphatic heterocycles. The van der Waals surface area contributed by atoms with Crippen molar-refractivity contribution < 1.29 is 4.79 Å². The maximum absolute atomic E-state index is 12.4. The molecular weight excluding hydrogens is 310 g/mol. The van der Waals surface area contributed by atoms with E-state index in [1.165, 1.54) is 44.9 Å². The van der Waals surface area contributed by atoms with Crippen LogP contribution in [0.1, 0.15) is 78.6 Å². The zero-order chi connectivity index (χ0) is 18.1. The van der Waals surface area contributed by atoms with Crippen LogP contribution in [0.15, 0.2) is 0 Å². The lowest BCUT2D eigenvalue weighted by Crippen LogP contribution is -2.43. The number of amides is 1. The number of hydrogen-bond donors (Lipinski definition) is 1. The number of carbonyl (C=O) groups excluding carboxylic acids is 1. The Labute approximate surface area is 153 Å². The number of rotatable bonds is 6. The minimum Gasteiger partial charge on any atom is -0.326 e. The molecule has 1 saturated heterocycles. The molecule has 3 fully saturated rings. The van der Waals surface area contributed by atoms with Gasteiger partial charge in [-0.05, 0) is 61.7 Å². The van der Waals surface area contributed by atoms with E-state index in [2.05, 4.69) is 32.2 Å². The van der Waals surface area contributed by atoms with E-state index in [9.17, 15) is 4.79 Å². The maximum Gasteiger partial charge on any atom is 0.237 e. The van der Waals surface area contributed by atoms with Crippen molar-refractivity contribution in [2.75, 3.05) is 13.1 Å². The number of nitriles is 1. The van der Waals surface area contributed by atoms with Crippen molar-refractivity contribution >= 4 is 5.91 Å². The number of hydrogen-bond acceptors (Lipinski definition) is 3. The van der Waals surface area contributed by atoms with E-state index < -0.39 is 0 Å². The summed E-state index contributed by atoms with van der Waals surface area (Å²) in [5.41, 5.74) is 0.984. The normalized spacial score (nSPS) is 40.2. The molecule has 0 aromatic carbocycles. The molecule has 2 unspecified atom stereocenters. The molecule has 0 bridgehead atoms. The average molecular weight is 346 g/mol. The first kappa shape index (κ1) is 18.7. The predicted octanol–water partition coefficient (Wildman–Crippen LogP) is 3.87. The first-order chi connectivity index (χ1) is 11.9. The van der Waals surface area contributed by atoms with Gasteiger partial charge in [0.1, 0.15) is 6.04 Å². The van der Waals surface area contributed by atoms with Crippen molar-refractivity contribution in [2.24, 2.45) is 16.7 Å². The highest BCUT2D eigenvalue weighted by atomic mass is 16.2. The Morgan fingerprint density at radius 1 is 1.36 bits per heavy atom. The number of carbonyl (C=O) groups is 1. The van der Waals surface area contributed by atoms with Gasteiger partial charge in [0.25, 0.3) is 0 Å². The van der Waals surface area contributed by atoms with Gasteiger partial charge in [-0.15, -0.1) is 0 Å². The number of nitrogens with zero attached hydrogens (tertiary/aromatic N) is 2. The molecule has 0 aromatic rings.